The van der Waals surface area contributed by atoms with Crippen molar-refractivity contribution in [3.8, 4) is 0 Å². The minimum absolute atomic E-state index is 0.114. The molecule has 1 aromatic rings. The van der Waals surface area contributed by atoms with E-state index in [-0.39, 0.29) is 11.4 Å². The van der Waals surface area contributed by atoms with Crippen LogP contribution < -0.4 is 4.72 Å². The van der Waals surface area contributed by atoms with E-state index in [9.17, 15) is 13.2 Å². The average Bonchev–Trinajstić information content (AvgIpc) is 2.78. The standard InChI is InChI=1S/C13H21N3O4S/c1-9-5-4-6-16(8-9)21(18,19)15-11-7-10(2)14-12(11)13(17)20-3/h7,9,14-15H,4-6,8H2,1-3H3. The number of esters is 1. The van der Waals surface area contributed by atoms with Crippen LogP contribution in [0.1, 0.15) is 35.9 Å². The molecule has 1 saturated heterocycles. The number of anilines is 1. The van der Waals surface area contributed by atoms with Crippen molar-refractivity contribution in [2.45, 2.75) is 26.7 Å². The average molecular weight is 315 g/mol. The van der Waals surface area contributed by atoms with Gasteiger partial charge in [-0.25, -0.2) is 4.79 Å². The van der Waals surface area contributed by atoms with E-state index in [0.29, 0.717) is 24.7 Å². The van der Waals surface area contributed by atoms with Gasteiger partial charge >= 0.3 is 16.2 Å². The highest BCUT2D eigenvalue weighted by Crippen LogP contribution is 2.23. The SMILES string of the molecule is COC(=O)c1[nH]c(C)cc1NS(=O)(=O)N1CCCC(C)C1. The monoisotopic (exact) mass is 315 g/mol. The topological polar surface area (TPSA) is 91.5 Å². The van der Waals surface area contributed by atoms with Crippen molar-refractivity contribution in [3.05, 3.63) is 17.5 Å². The van der Waals surface area contributed by atoms with Gasteiger partial charge in [-0.05, 0) is 31.7 Å². The van der Waals surface area contributed by atoms with Crippen molar-refractivity contribution >= 4 is 21.9 Å². The third-order valence-electron chi connectivity index (χ3n) is 3.54. The van der Waals surface area contributed by atoms with E-state index in [4.69, 9.17) is 0 Å². The molecule has 1 unspecified atom stereocenters. The fraction of sp³-hybridized carbons (Fsp3) is 0.615. The van der Waals surface area contributed by atoms with Gasteiger partial charge in [0.25, 0.3) is 0 Å². The maximum Gasteiger partial charge on any atom is 0.356 e. The Morgan fingerprint density at radius 3 is 2.86 bits per heavy atom. The van der Waals surface area contributed by atoms with E-state index in [2.05, 4.69) is 14.4 Å². The number of carbonyl (C=O) groups is 1. The van der Waals surface area contributed by atoms with E-state index in [1.165, 1.54) is 11.4 Å². The van der Waals surface area contributed by atoms with Gasteiger partial charge in [0.2, 0.25) is 0 Å². The van der Waals surface area contributed by atoms with Crippen LogP contribution in [0.3, 0.4) is 0 Å². The number of H-pyrrole nitrogens is 1. The Bertz CT molecular complexity index is 623. The Morgan fingerprint density at radius 2 is 2.24 bits per heavy atom. The molecule has 0 spiro atoms. The predicted octanol–water partition coefficient (Wildman–Crippen LogP) is 1.50. The number of aromatic nitrogens is 1. The van der Waals surface area contributed by atoms with E-state index < -0.39 is 16.2 Å². The third kappa shape index (κ3) is 3.56. The number of piperidine rings is 1. The molecule has 7 nitrogen and oxygen atoms in total. The number of hydrogen-bond donors (Lipinski definition) is 2. The molecule has 2 heterocycles. The summed E-state index contributed by atoms with van der Waals surface area (Å²) in [6, 6.07) is 1.58. The van der Waals surface area contributed by atoms with Gasteiger partial charge in [0.1, 0.15) is 5.69 Å². The highest BCUT2D eigenvalue weighted by molar-refractivity contribution is 7.90. The van der Waals surface area contributed by atoms with E-state index >= 15 is 0 Å². The fourth-order valence-electron chi connectivity index (χ4n) is 2.50. The molecule has 1 aliphatic heterocycles. The van der Waals surface area contributed by atoms with E-state index in [0.717, 1.165) is 12.8 Å². The lowest BCUT2D eigenvalue weighted by Gasteiger charge is -2.30. The van der Waals surface area contributed by atoms with Crippen LogP contribution in [0.4, 0.5) is 5.69 Å². The lowest BCUT2D eigenvalue weighted by molar-refractivity contribution is 0.0596. The molecule has 1 fully saturated rings. The van der Waals surface area contributed by atoms with Crippen LogP contribution in [0.5, 0.6) is 0 Å². The lowest BCUT2D eigenvalue weighted by Crippen LogP contribution is -2.42. The molecule has 0 amide bonds. The van der Waals surface area contributed by atoms with Gasteiger partial charge in [0.05, 0.1) is 12.8 Å². The number of carbonyl (C=O) groups excluding carboxylic acids is 1. The molecule has 0 aromatic carbocycles. The number of hydrogen-bond acceptors (Lipinski definition) is 4. The Kier molecular flexibility index (Phi) is 4.58. The van der Waals surface area contributed by atoms with E-state index in [1.54, 1.807) is 13.0 Å². The minimum atomic E-state index is -3.66. The molecule has 8 heteroatoms. The zero-order valence-electron chi connectivity index (χ0n) is 12.5. The van der Waals surface area contributed by atoms with Crippen LogP contribution in [0, 0.1) is 12.8 Å². The normalized spacial score (nSPS) is 20.2. The van der Waals surface area contributed by atoms with Crippen LogP contribution in [-0.4, -0.2) is 43.9 Å². The lowest BCUT2D eigenvalue weighted by atomic mass is 10.0. The Morgan fingerprint density at radius 1 is 1.52 bits per heavy atom. The van der Waals surface area contributed by atoms with Crippen molar-refractivity contribution in [1.29, 1.82) is 0 Å². The molecule has 118 valence electrons. The zero-order chi connectivity index (χ0) is 15.6. The molecular formula is C13H21N3O4S. The summed E-state index contributed by atoms with van der Waals surface area (Å²) in [5, 5.41) is 0. The summed E-state index contributed by atoms with van der Waals surface area (Å²) in [4.78, 5) is 14.5. The van der Waals surface area contributed by atoms with Gasteiger partial charge < -0.3 is 9.72 Å². The predicted molar refractivity (Wildman–Crippen MR) is 79.4 cm³/mol. The minimum Gasteiger partial charge on any atom is -0.464 e. The van der Waals surface area contributed by atoms with Gasteiger partial charge in [-0.1, -0.05) is 6.92 Å². The molecule has 21 heavy (non-hydrogen) atoms. The number of nitrogens with one attached hydrogen (secondary N) is 2. The van der Waals surface area contributed by atoms with Crippen molar-refractivity contribution < 1.29 is 17.9 Å². The van der Waals surface area contributed by atoms with Gasteiger partial charge in [0.15, 0.2) is 0 Å². The van der Waals surface area contributed by atoms with Crippen molar-refractivity contribution in [2.75, 3.05) is 24.9 Å². The Labute approximate surface area is 124 Å². The second kappa shape index (κ2) is 6.07. The zero-order valence-corrected chi connectivity index (χ0v) is 13.3. The van der Waals surface area contributed by atoms with Gasteiger partial charge in [-0.3, -0.25) is 4.72 Å². The number of nitrogens with zero attached hydrogens (tertiary/aromatic N) is 1. The first-order valence-electron chi connectivity index (χ1n) is 6.89. The third-order valence-corrected chi connectivity index (χ3v) is 5.03. The van der Waals surface area contributed by atoms with Crippen LogP contribution in [0.25, 0.3) is 0 Å². The van der Waals surface area contributed by atoms with E-state index in [1.807, 2.05) is 6.92 Å². The Balaban J connectivity index is 2.22. The summed E-state index contributed by atoms with van der Waals surface area (Å²) in [6.07, 6.45) is 1.88. The van der Waals surface area contributed by atoms with Crippen molar-refractivity contribution in [2.24, 2.45) is 5.92 Å². The summed E-state index contributed by atoms with van der Waals surface area (Å²) >= 11 is 0. The number of aryl methyl sites for hydroxylation is 1. The van der Waals surface area contributed by atoms with Crippen LogP contribution >= 0.6 is 0 Å². The molecule has 1 aliphatic rings. The number of aromatic amines is 1. The highest BCUT2D eigenvalue weighted by Gasteiger charge is 2.28. The summed E-state index contributed by atoms with van der Waals surface area (Å²) < 4.78 is 33.4. The largest absolute Gasteiger partial charge is 0.464 e. The second-order valence-corrected chi connectivity index (χ2v) is 7.12. The molecule has 1 atom stereocenters. The van der Waals surface area contributed by atoms with Gasteiger partial charge in [0, 0.05) is 18.8 Å². The van der Waals surface area contributed by atoms with Gasteiger partial charge in [-0.15, -0.1) is 0 Å². The maximum atomic E-state index is 12.4. The molecule has 2 rings (SSSR count). The van der Waals surface area contributed by atoms with Gasteiger partial charge in [-0.2, -0.15) is 12.7 Å². The molecule has 2 N–H and O–H groups in total. The smallest absolute Gasteiger partial charge is 0.356 e. The summed E-state index contributed by atoms with van der Waals surface area (Å²) in [5.74, 6) is -0.267. The first kappa shape index (κ1) is 15.8. The van der Waals surface area contributed by atoms with Crippen LogP contribution in [0.15, 0.2) is 6.07 Å². The van der Waals surface area contributed by atoms with Crippen LogP contribution in [-0.2, 0) is 14.9 Å². The van der Waals surface area contributed by atoms with Crippen molar-refractivity contribution in [3.63, 3.8) is 0 Å². The van der Waals surface area contributed by atoms with Crippen LogP contribution in [0.2, 0.25) is 0 Å². The molecule has 0 radical (unpaired) electrons. The second-order valence-electron chi connectivity index (χ2n) is 5.45. The first-order valence-corrected chi connectivity index (χ1v) is 8.33. The molecule has 0 bridgehead atoms. The molecule has 0 saturated carbocycles. The van der Waals surface area contributed by atoms with Crippen molar-refractivity contribution in [1.82, 2.24) is 9.29 Å². The molecular weight excluding hydrogens is 294 g/mol. The summed E-state index contributed by atoms with van der Waals surface area (Å²) in [5.41, 5.74) is 1.02. The molecule has 1 aromatic heterocycles. The molecule has 0 aliphatic carbocycles. The summed E-state index contributed by atoms with van der Waals surface area (Å²) in [7, 11) is -2.41. The number of rotatable bonds is 4. The fourth-order valence-corrected chi connectivity index (χ4v) is 3.89. The maximum absolute atomic E-state index is 12.4. The number of methoxy groups -OCH3 is 1. The quantitative estimate of drug-likeness (QED) is 0.824. The Hall–Kier alpha value is -1.54. The first-order chi connectivity index (χ1) is 9.83. The summed E-state index contributed by atoms with van der Waals surface area (Å²) in [6.45, 7) is 4.76. The highest BCUT2D eigenvalue weighted by atomic mass is 32.2. The number of ether oxygens (including phenoxy) is 1.